The zero-order chi connectivity index (χ0) is 12.5. The maximum Gasteiger partial charge on any atom is -0.0623 e. The second-order valence-corrected chi connectivity index (χ2v) is 2.31. The highest BCUT2D eigenvalue weighted by Gasteiger charge is 1.58. The highest BCUT2D eigenvalue weighted by Crippen LogP contribution is 1.80. The smallest absolute Gasteiger partial charge is 0.0623 e. The predicted molar refractivity (Wildman–Crippen MR) is 61.3 cm³/mol. The predicted octanol–water partition coefficient (Wildman–Crippen LogP) is 0.0642. The molecule has 0 amide bonds. The van der Waals surface area contributed by atoms with E-state index in [-0.39, 0.29) is 0 Å². The van der Waals surface area contributed by atoms with Crippen LogP contribution in [0.4, 0.5) is 0 Å². The van der Waals surface area contributed by atoms with Gasteiger partial charge in [-0.1, -0.05) is 72.8 Å². The molecule has 2 N–H and O–H groups in total. The van der Waals surface area contributed by atoms with Crippen LogP contribution in [0.5, 0.6) is 0 Å². The first-order valence-electron chi connectivity index (χ1n) is 4.50. The van der Waals surface area contributed by atoms with Gasteiger partial charge in [-0.05, 0) is 0 Å². The molecule has 2 heteroatoms. The zero-order valence-electron chi connectivity index (χ0n) is 8.93. The van der Waals surface area contributed by atoms with E-state index in [0.29, 0.717) is 0 Å². The Morgan fingerprint density at radius 1 is 0.312 bits per heavy atom. The summed E-state index contributed by atoms with van der Waals surface area (Å²) >= 11 is 0. The molecule has 0 aliphatic rings. The quantitative estimate of drug-likeness (QED) is 0.578. The Hall–Kier alpha value is -2.58. The molecule has 0 bridgehead atoms. The summed E-state index contributed by atoms with van der Waals surface area (Å²) in [6, 6.07) is 24.0. The number of benzene rings is 2. The van der Waals surface area contributed by atoms with E-state index in [1.807, 2.05) is 72.8 Å². The molecule has 0 aliphatic carbocycles. The fourth-order valence-electron chi connectivity index (χ4n) is 0.770. The van der Waals surface area contributed by atoms with E-state index in [1.165, 1.54) is 0 Å². The zero-order valence-corrected chi connectivity index (χ0v) is 8.93. The fourth-order valence-corrected chi connectivity index (χ4v) is 0.770. The molecule has 0 aliphatic heterocycles. The van der Waals surface area contributed by atoms with Crippen LogP contribution in [0.3, 0.4) is 0 Å². The van der Waals surface area contributed by atoms with Crippen LogP contribution >= 0.6 is 0 Å². The van der Waals surface area contributed by atoms with E-state index >= 15 is 0 Å². The second-order valence-electron chi connectivity index (χ2n) is 2.31. The summed E-state index contributed by atoms with van der Waals surface area (Å²) in [7, 11) is 0. The molecule has 2 nitrogen and oxygen atoms in total. The molecule has 80 valence electrons. The van der Waals surface area contributed by atoms with Gasteiger partial charge in [0.25, 0.3) is 0 Å². The first-order chi connectivity index (χ1) is 8.00. The highest BCUT2D eigenvalue weighted by molar-refractivity contribution is 4.99. The van der Waals surface area contributed by atoms with Crippen molar-refractivity contribution in [1.29, 1.82) is 0 Å². The van der Waals surface area contributed by atoms with Crippen LogP contribution in [0.1, 0.15) is 0 Å². The lowest BCUT2D eigenvalue weighted by Gasteiger charge is -1.69. The third-order valence-electron chi connectivity index (χ3n) is 1.33. The molecule has 0 saturated heterocycles. The average Bonchev–Trinajstić information content (AvgIpc) is 2.48. The minimum atomic E-state index is 2.00. The highest BCUT2D eigenvalue weighted by atomic mass is 14.2. The van der Waals surface area contributed by atoms with Gasteiger partial charge in [0.1, 0.15) is 0 Å². The maximum atomic E-state index is 5.00. The van der Waals surface area contributed by atoms with E-state index in [2.05, 4.69) is 0 Å². The van der Waals surface area contributed by atoms with Gasteiger partial charge >= 0.3 is 0 Å². The Kier molecular flexibility index (Phi) is 18.1. The van der Waals surface area contributed by atoms with E-state index < -0.39 is 0 Å². The summed E-state index contributed by atoms with van der Waals surface area (Å²) in [5.41, 5.74) is 0. The lowest BCUT2D eigenvalue weighted by atomic mass is 10.4. The lowest BCUT2D eigenvalue weighted by molar-refractivity contribution is -0.100. The van der Waals surface area contributed by atoms with Crippen LogP contribution in [0.15, 0.2) is 72.8 Å². The Bertz CT molecular complexity index is 247. The monoisotopic (exact) mass is 210 g/mol. The third kappa shape index (κ3) is 14.0. The van der Waals surface area contributed by atoms with Gasteiger partial charge in [0.15, 0.2) is 0 Å². The van der Waals surface area contributed by atoms with Crippen LogP contribution in [0.2, 0.25) is 0 Å². The number of nitrogens with one attached hydrogen (secondary N) is 2. The molecule has 2 rings (SSSR count). The van der Waals surface area contributed by atoms with Gasteiger partial charge in [0, 0.05) is 0 Å². The average molecular weight is 210 g/mol. The molecule has 0 aromatic heterocycles. The molecule has 0 radical (unpaired) electrons. The Morgan fingerprint density at radius 3 is 0.438 bits per heavy atom. The molecule has 2 aromatic carbocycles. The van der Waals surface area contributed by atoms with Gasteiger partial charge in [-0.15, -0.1) is 0 Å². The molecule has 2 aromatic rings. The molecule has 0 atom stereocenters. The van der Waals surface area contributed by atoms with Crippen LogP contribution in [-0.2, 0) is 0 Å². The number of hydrogen-bond donors (Lipinski definition) is 2. The Balaban J connectivity index is 0. The van der Waals surface area contributed by atoms with Crippen molar-refractivity contribution in [3.8, 4) is 0 Å². The third-order valence-corrected chi connectivity index (χ3v) is 1.33. The Morgan fingerprint density at radius 2 is 0.375 bits per heavy atom. The molecule has 0 heterocycles. The van der Waals surface area contributed by atoms with Crippen LogP contribution < -0.4 is 10.5 Å². The van der Waals surface area contributed by atoms with Crippen LogP contribution in [0.25, 0.3) is 0 Å². The number of rotatable bonds is 0. The van der Waals surface area contributed by atoms with Gasteiger partial charge in [0.05, 0.1) is 0 Å². The fraction of sp³-hybridized carbons (Fsp3) is 0. The first-order valence-corrected chi connectivity index (χ1v) is 4.50. The normalized spacial score (nSPS) is 6.25. The topological polar surface area (TPSA) is 47.6 Å². The van der Waals surface area contributed by atoms with Crippen LogP contribution in [-0.4, -0.2) is 0 Å². The molecule has 0 unspecified atom stereocenters. The number of hydrogen-bond acceptors (Lipinski definition) is 0. The Labute approximate surface area is 97.0 Å². The minimum Gasteiger partial charge on any atom is -0.335 e. The first kappa shape index (κ1) is 15.9. The molecule has 0 saturated carbocycles. The summed E-state index contributed by atoms with van der Waals surface area (Å²) in [4.78, 5) is 0. The van der Waals surface area contributed by atoms with Crippen molar-refractivity contribution in [1.82, 2.24) is 0 Å². The van der Waals surface area contributed by atoms with Crippen molar-refractivity contribution in [2.75, 3.05) is 0 Å². The summed E-state index contributed by atoms with van der Waals surface area (Å²) in [5.74, 6) is 0. The van der Waals surface area contributed by atoms with Crippen LogP contribution in [0, 0.1) is 13.1 Å². The molecule has 16 heavy (non-hydrogen) atoms. The maximum absolute atomic E-state index is 5.00. The van der Waals surface area contributed by atoms with Crippen molar-refractivity contribution < 1.29 is 10.5 Å². The van der Waals surface area contributed by atoms with Crippen molar-refractivity contribution in [2.24, 2.45) is 0 Å². The standard InChI is InChI=1S/2C6H6.2CHN/c2*1-2-4-6-5-3-1;2*1-2/h2*1-6H;2*2H. The summed E-state index contributed by atoms with van der Waals surface area (Å²) in [6.45, 7) is 10.0. The van der Waals surface area contributed by atoms with Crippen molar-refractivity contribution >= 4 is 0 Å². The molecular weight excluding hydrogens is 196 g/mol. The van der Waals surface area contributed by atoms with E-state index in [9.17, 15) is 0 Å². The van der Waals surface area contributed by atoms with Crippen molar-refractivity contribution in [3.05, 3.63) is 85.9 Å². The largest absolute Gasteiger partial charge is 0.335 e. The summed E-state index contributed by atoms with van der Waals surface area (Å²) in [6.07, 6.45) is 0. The summed E-state index contributed by atoms with van der Waals surface area (Å²) in [5, 5.41) is 10.0. The van der Waals surface area contributed by atoms with Crippen molar-refractivity contribution in [2.45, 2.75) is 0 Å². The van der Waals surface area contributed by atoms with E-state index in [1.54, 1.807) is 0 Å². The minimum absolute atomic E-state index is 2.00. The van der Waals surface area contributed by atoms with Gasteiger partial charge in [0.2, 0.25) is 0 Å². The summed E-state index contributed by atoms with van der Waals surface area (Å²) < 4.78 is 0. The van der Waals surface area contributed by atoms with Crippen molar-refractivity contribution in [3.63, 3.8) is 0 Å². The van der Waals surface area contributed by atoms with Gasteiger partial charge in [-0.25, -0.2) is 13.1 Å². The SMILES string of the molecule is [C-]#[NH+].[C-]#[NH+].c1ccccc1.c1ccccc1. The van der Waals surface area contributed by atoms with E-state index in [0.717, 1.165) is 0 Å². The van der Waals surface area contributed by atoms with Gasteiger partial charge in [-0.2, -0.15) is 0 Å². The van der Waals surface area contributed by atoms with Gasteiger partial charge in [-0.3, -0.25) is 0 Å². The second kappa shape index (κ2) is 18.3. The van der Waals surface area contributed by atoms with E-state index in [4.69, 9.17) is 23.7 Å². The molecule has 0 fully saturated rings. The molecule has 0 spiro atoms. The lowest BCUT2D eigenvalue weighted by Crippen LogP contribution is -2.10. The molecular formula is C14H14N2. The van der Waals surface area contributed by atoms with Gasteiger partial charge < -0.3 is 10.5 Å².